The average molecular weight is 286 g/mol. The standard InChI is InChI=1S/C14H17ClFNO2/c15-11-6-5-10(8-12(11)16)9-17-7-3-1-2-4-13(17)14(18)19/h5-6,8,13H,1-4,7,9H2,(H,18,19). The van der Waals surface area contributed by atoms with Crippen LogP contribution in [0.3, 0.4) is 0 Å². The number of hydrogen-bond donors (Lipinski definition) is 1. The molecule has 0 amide bonds. The van der Waals surface area contributed by atoms with Crippen LogP contribution in [0.25, 0.3) is 0 Å². The first-order chi connectivity index (χ1) is 9.08. The molecule has 1 saturated heterocycles. The molecular weight excluding hydrogens is 269 g/mol. The smallest absolute Gasteiger partial charge is 0.320 e. The normalized spacial score (nSPS) is 21.1. The molecule has 0 spiro atoms. The molecule has 2 rings (SSSR count). The van der Waals surface area contributed by atoms with Crippen LogP contribution in [-0.4, -0.2) is 28.6 Å². The third-order valence-electron chi connectivity index (χ3n) is 3.52. The molecule has 104 valence electrons. The highest BCUT2D eigenvalue weighted by Crippen LogP contribution is 2.21. The number of carboxylic acids is 1. The monoisotopic (exact) mass is 285 g/mol. The number of benzene rings is 1. The summed E-state index contributed by atoms with van der Waals surface area (Å²) < 4.78 is 13.4. The van der Waals surface area contributed by atoms with Gasteiger partial charge < -0.3 is 5.11 Å². The van der Waals surface area contributed by atoms with E-state index in [1.54, 1.807) is 6.07 Å². The molecule has 0 bridgehead atoms. The Morgan fingerprint density at radius 2 is 2.21 bits per heavy atom. The van der Waals surface area contributed by atoms with Crippen molar-refractivity contribution in [3.05, 3.63) is 34.6 Å². The van der Waals surface area contributed by atoms with Crippen LogP contribution < -0.4 is 0 Å². The van der Waals surface area contributed by atoms with E-state index in [4.69, 9.17) is 11.6 Å². The first-order valence-electron chi connectivity index (χ1n) is 6.48. The fraction of sp³-hybridized carbons (Fsp3) is 0.500. The predicted molar refractivity (Wildman–Crippen MR) is 71.7 cm³/mol. The molecule has 0 aromatic heterocycles. The van der Waals surface area contributed by atoms with Crippen LogP contribution >= 0.6 is 11.6 Å². The fourth-order valence-corrected chi connectivity index (χ4v) is 2.63. The van der Waals surface area contributed by atoms with Gasteiger partial charge in [-0.05, 0) is 37.1 Å². The van der Waals surface area contributed by atoms with E-state index in [-0.39, 0.29) is 5.02 Å². The molecule has 1 fully saturated rings. The van der Waals surface area contributed by atoms with E-state index < -0.39 is 17.8 Å². The molecule has 1 N–H and O–H groups in total. The summed E-state index contributed by atoms with van der Waals surface area (Å²) in [5, 5.41) is 9.37. The molecule has 0 saturated carbocycles. The van der Waals surface area contributed by atoms with Crippen LogP contribution in [0, 0.1) is 5.82 Å². The lowest BCUT2D eigenvalue weighted by Crippen LogP contribution is -2.40. The lowest BCUT2D eigenvalue weighted by atomic mass is 10.1. The van der Waals surface area contributed by atoms with Crippen molar-refractivity contribution in [3.8, 4) is 0 Å². The minimum Gasteiger partial charge on any atom is -0.480 e. The van der Waals surface area contributed by atoms with Crippen LogP contribution in [-0.2, 0) is 11.3 Å². The van der Waals surface area contributed by atoms with Crippen LogP contribution in [0.15, 0.2) is 18.2 Å². The Hall–Kier alpha value is -1.13. The first-order valence-corrected chi connectivity index (χ1v) is 6.86. The van der Waals surface area contributed by atoms with E-state index >= 15 is 0 Å². The number of hydrogen-bond acceptors (Lipinski definition) is 2. The first kappa shape index (κ1) is 14.3. The van der Waals surface area contributed by atoms with Gasteiger partial charge in [0.15, 0.2) is 0 Å². The van der Waals surface area contributed by atoms with Gasteiger partial charge in [0.1, 0.15) is 11.9 Å². The highest BCUT2D eigenvalue weighted by atomic mass is 35.5. The second-order valence-electron chi connectivity index (χ2n) is 4.92. The Morgan fingerprint density at radius 3 is 2.89 bits per heavy atom. The molecule has 1 aromatic carbocycles. The largest absolute Gasteiger partial charge is 0.480 e. The summed E-state index contributed by atoms with van der Waals surface area (Å²) in [6, 6.07) is 4.17. The average Bonchev–Trinajstić information content (AvgIpc) is 2.59. The second kappa shape index (κ2) is 6.35. The van der Waals surface area contributed by atoms with E-state index in [1.165, 1.54) is 12.1 Å². The van der Waals surface area contributed by atoms with Crippen molar-refractivity contribution >= 4 is 17.6 Å². The molecule has 19 heavy (non-hydrogen) atoms. The Morgan fingerprint density at radius 1 is 1.42 bits per heavy atom. The minimum absolute atomic E-state index is 0.0920. The van der Waals surface area contributed by atoms with Gasteiger partial charge in [0.2, 0.25) is 0 Å². The topological polar surface area (TPSA) is 40.5 Å². The van der Waals surface area contributed by atoms with Crippen LogP contribution in [0.1, 0.15) is 31.2 Å². The maximum absolute atomic E-state index is 13.4. The summed E-state index contributed by atoms with van der Waals surface area (Å²) in [5.74, 6) is -1.25. The fourth-order valence-electron chi connectivity index (χ4n) is 2.51. The van der Waals surface area contributed by atoms with Gasteiger partial charge in [-0.3, -0.25) is 9.69 Å². The van der Waals surface area contributed by atoms with Gasteiger partial charge in [-0.15, -0.1) is 0 Å². The van der Waals surface area contributed by atoms with Gasteiger partial charge in [0.05, 0.1) is 5.02 Å². The Balaban J connectivity index is 2.13. The summed E-state index contributed by atoms with van der Waals surface area (Å²) in [6.45, 7) is 1.19. The van der Waals surface area contributed by atoms with Crippen molar-refractivity contribution < 1.29 is 14.3 Å². The van der Waals surface area contributed by atoms with Crippen LogP contribution in [0.5, 0.6) is 0 Å². The number of likely N-dealkylation sites (tertiary alicyclic amines) is 1. The van der Waals surface area contributed by atoms with E-state index in [0.717, 1.165) is 31.4 Å². The maximum atomic E-state index is 13.4. The Kier molecular flexibility index (Phi) is 4.77. The molecular formula is C14H17ClFNO2. The summed E-state index contributed by atoms with van der Waals surface area (Å²) in [6.07, 6.45) is 3.63. The van der Waals surface area contributed by atoms with E-state index in [1.807, 2.05) is 4.90 Å². The number of rotatable bonds is 3. The van der Waals surface area contributed by atoms with Gasteiger partial charge in [0, 0.05) is 6.54 Å². The zero-order valence-corrected chi connectivity index (χ0v) is 11.4. The van der Waals surface area contributed by atoms with Crippen molar-refractivity contribution in [3.63, 3.8) is 0 Å². The van der Waals surface area contributed by atoms with Gasteiger partial charge in [-0.1, -0.05) is 30.5 Å². The molecule has 1 aliphatic rings. The van der Waals surface area contributed by atoms with Crippen LogP contribution in [0.4, 0.5) is 4.39 Å². The van der Waals surface area contributed by atoms with E-state index in [0.29, 0.717) is 13.0 Å². The molecule has 1 unspecified atom stereocenters. The summed E-state index contributed by atoms with van der Waals surface area (Å²) in [7, 11) is 0. The third-order valence-corrected chi connectivity index (χ3v) is 3.82. The number of carboxylic acid groups (broad SMARTS) is 1. The van der Waals surface area contributed by atoms with Crippen molar-refractivity contribution in [2.45, 2.75) is 38.3 Å². The molecule has 0 aliphatic carbocycles. The molecule has 1 aliphatic heterocycles. The molecule has 1 aromatic rings. The second-order valence-corrected chi connectivity index (χ2v) is 5.33. The van der Waals surface area contributed by atoms with Gasteiger partial charge in [-0.25, -0.2) is 4.39 Å². The quantitative estimate of drug-likeness (QED) is 0.926. The van der Waals surface area contributed by atoms with Gasteiger partial charge in [-0.2, -0.15) is 0 Å². The highest BCUT2D eigenvalue weighted by Gasteiger charge is 2.27. The predicted octanol–water partition coefficient (Wildman–Crippen LogP) is 3.31. The number of carbonyl (C=O) groups is 1. The molecule has 3 nitrogen and oxygen atoms in total. The molecule has 0 radical (unpaired) electrons. The van der Waals surface area contributed by atoms with Gasteiger partial charge >= 0.3 is 5.97 Å². The molecule has 1 atom stereocenters. The highest BCUT2D eigenvalue weighted by molar-refractivity contribution is 6.30. The van der Waals surface area contributed by atoms with Crippen molar-refractivity contribution in [2.75, 3.05) is 6.54 Å². The van der Waals surface area contributed by atoms with E-state index in [2.05, 4.69) is 0 Å². The molecule has 1 heterocycles. The SMILES string of the molecule is O=C(O)C1CCCCCN1Cc1ccc(Cl)c(F)c1. The van der Waals surface area contributed by atoms with Crippen molar-refractivity contribution in [2.24, 2.45) is 0 Å². The Labute approximate surface area is 117 Å². The number of halogens is 2. The third kappa shape index (κ3) is 3.67. The zero-order chi connectivity index (χ0) is 13.8. The zero-order valence-electron chi connectivity index (χ0n) is 10.6. The van der Waals surface area contributed by atoms with E-state index in [9.17, 15) is 14.3 Å². The minimum atomic E-state index is -0.795. The Bertz CT molecular complexity index is 467. The number of nitrogens with zero attached hydrogens (tertiary/aromatic N) is 1. The molecule has 5 heteroatoms. The van der Waals surface area contributed by atoms with Crippen molar-refractivity contribution in [1.82, 2.24) is 4.90 Å². The number of aliphatic carboxylic acids is 1. The lowest BCUT2D eigenvalue weighted by molar-refractivity contribution is -0.143. The lowest BCUT2D eigenvalue weighted by Gasteiger charge is -2.26. The van der Waals surface area contributed by atoms with Crippen molar-refractivity contribution in [1.29, 1.82) is 0 Å². The summed E-state index contributed by atoms with van der Waals surface area (Å²) >= 11 is 5.65. The summed E-state index contributed by atoms with van der Waals surface area (Å²) in [4.78, 5) is 13.2. The van der Waals surface area contributed by atoms with Gasteiger partial charge in [0.25, 0.3) is 0 Å². The maximum Gasteiger partial charge on any atom is 0.320 e. The van der Waals surface area contributed by atoms with Crippen LogP contribution in [0.2, 0.25) is 5.02 Å². The summed E-state index contributed by atoms with van der Waals surface area (Å²) in [5.41, 5.74) is 0.759.